The molecule has 2 unspecified atom stereocenters. The molecule has 4 N–H and O–H groups in total. The third-order valence-electron chi connectivity index (χ3n) is 7.01. The van der Waals surface area contributed by atoms with Gasteiger partial charge < -0.3 is 25.3 Å². The molecule has 0 saturated carbocycles. The Balaban J connectivity index is 1.04. The van der Waals surface area contributed by atoms with Gasteiger partial charge in [-0.15, -0.1) is 0 Å². The number of aromatic nitrogens is 4. The Morgan fingerprint density at radius 3 is 1.97 bits per heavy atom. The van der Waals surface area contributed by atoms with Gasteiger partial charge in [-0.2, -0.15) is 0 Å². The van der Waals surface area contributed by atoms with Gasteiger partial charge in [0.1, 0.15) is 11.6 Å². The molecule has 0 amide bonds. The van der Waals surface area contributed by atoms with Crippen LogP contribution in [0.1, 0.15) is 60.5 Å². The molecule has 35 heavy (non-hydrogen) atoms. The van der Waals surface area contributed by atoms with Crippen LogP contribution >= 0.6 is 0 Å². The van der Waals surface area contributed by atoms with Crippen molar-refractivity contribution in [3.8, 4) is 22.5 Å². The number of ether oxygens (including phenoxy) is 1. The lowest BCUT2D eigenvalue weighted by Gasteiger charge is -2.08. The summed E-state index contributed by atoms with van der Waals surface area (Å²) in [5, 5.41) is 6.99. The van der Waals surface area contributed by atoms with E-state index in [4.69, 9.17) is 4.74 Å². The molecule has 4 heterocycles. The van der Waals surface area contributed by atoms with E-state index in [9.17, 15) is 0 Å². The number of benzene rings is 2. The minimum Gasteiger partial charge on any atom is -0.372 e. The van der Waals surface area contributed by atoms with Crippen molar-refractivity contribution in [2.24, 2.45) is 0 Å². The largest absolute Gasteiger partial charge is 0.372 e. The Kier molecular flexibility index (Phi) is 6.45. The van der Waals surface area contributed by atoms with Crippen LogP contribution in [0.15, 0.2) is 60.9 Å². The minimum absolute atomic E-state index is 0.348. The van der Waals surface area contributed by atoms with Crippen molar-refractivity contribution in [3.05, 3.63) is 83.7 Å². The predicted octanol–water partition coefficient (Wildman–Crippen LogP) is 5.03. The molecular formula is C28H32N6O. The van der Waals surface area contributed by atoms with Gasteiger partial charge in [-0.1, -0.05) is 42.5 Å². The van der Waals surface area contributed by atoms with Crippen LogP contribution in [-0.4, -0.2) is 33.0 Å². The zero-order valence-corrected chi connectivity index (χ0v) is 19.9. The van der Waals surface area contributed by atoms with Crippen molar-refractivity contribution in [3.63, 3.8) is 0 Å². The summed E-state index contributed by atoms with van der Waals surface area (Å²) < 4.78 is 6.04. The monoisotopic (exact) mass is 468 g/mol. The van der Waals surface area contributed by atoms with Crippen molar-refractivity contribution in [2.45, 2.75) is 51.0 Å². The van der Waals surface area contributed by atoms with E-state index in [0.717, 1.165) is 71.2 Å². The summed E-state index contributed by atoms with van der Waals surface area (Å²) in [4.78, 5) is 16.1. The molecular weight excluding hydrogens is 436 g/mol. The highest BCUT2D eigenvalue weighted by atomic mass is 16.5. The Morgan fingerprint density at radius 2 is 1.34 bits per heavy atom. The molecule has 4 aromatic rings. The summed E-state index contributed by atoms with van der Waals surface area (Å²) in [7, 11) is 0. The van der Waals surface area contributed by atoms with E-state index in [1.54, 1.807) is 0 Å². The second-order valence-corrected chi connectivity index (χ2v) is 9.55. The normalized spacial score (nSPS) is 20.0. The van der Waals surface area contributed by atoms with Gasteiger partial charge in [0.25, 0.3) is 0 Å². The van der Waals surface area contributed by atoms with E-state index >= 15 is 0 Å². The third-order valence-corrected chi connectivity index (χ3v) is 7.01. The molecule has 2 aliphatic rings. The van der Waals surface area contributed by atoms with Gasteiger partial charge in [-0.25, -0.2) is 9.97 Å². The van der Waals surface area contributed by atoms with Crippen LogP contribution in [0, 0.1) is 0 Å². The molecule has 0 aliphatic carbocycles. The number of imidazole rings is 2. The van der Waals surface area contributed by atoms with Crippen molar-refractivity contribution in [1.82, 2.24) is 30.6 Å². The van der Waals surface area contributed by atoms with Gasteiger partial charge in [0.15, 0.2) is 0 Å². The molecule has 6 rings (SSSR count). The van der Waals surface area contributed by atoms with E-state index < -0.39 is 0 Å². The van der Waals surface area contributed by atoms with Crippen LogP contribution in [0.2, 0.25) is 0 Å². The van der Waals surface area contributed by atoms with Gasteiger partial charge in [-0.3, -0.25) is 0 Å². The molecule has 2 aliphatic heterocycles. The van der Waals surface area contributed by atoms with Crippen LogP contribution in [-0.2, 0) is 18.0 Å². The topological polar surface area (TPSA) is 90.7 Å². The summed E-state index contributed by atoms with van der Waals surface area (Å²) in [5.74, 6) is 2.07. The van der Waals surface area contributed by atoms with Gasteiger partial charge in [0, 0.05) is 0 Å². The number of nitrogens with one attached hydrogen (secondary N) is 4. The van der Waals surface area contributed by atoms with Crippen molar-refractivity contribution in [1.29, 1.82) is 0 Å². The first-order valence-electron chi connectivity index (χ1n) is 12.6. The minimum atomic E-state index is 0.348. The molecule has 2 atom stereocenters. The van der Waals surface area contributed by atoms with E-state index in [0.29, 0.717) is 25.3 Å². The number of aromatic amines is 2. The van der Waals surface area contributed by atoms with Crippen LogP contribution in [0.5, 0.6) is 0 Å². The average molecular weight is 469 g/mol. The third kappa shape index (κ3) is 5.07. The summed E-state index contributed by atoms with van der Waals surface area (Å²) in [6.07, 6.45) is 8.57. The zero-order chi connectivity index (χ0) is 23.5. The number of rotatable bonds is 8. The quantitative estimate of drug-likeness (QED) is 0.291. The van der Waals surface area contributed by atoms with Gasteiger partial charge in [-0.05, 0) is 67.1 Å². The lowest BCUT2D eigenvalue weighted by Crippen LogP contribution is -2.14. The van der Waals surface area contributed by atoms with Crippen LogP contribution in [0.3, 0.4) is 0 Å². The maximum Gasteiger partial charge on any atom is 0.123 e. The first kappa shape index (κ1) is 22.2. The molecule has 0 spiro atoms. The summed E-state index contributed by atoms with van der Waals surface area (Å²) in [6.45, 7) is 3.28. The molecule has 180 valence electrons. The number of hydrogen-bond donors (Lipinski definition) is 4. The van der Waals surface area contributed by atoms with Gasteiger partial charge in [0.2, 0.25) is 0 Å². The van der Waals surface area contributed by atoms with E-state index in [-0.39, 0.29) is 0 Å². The Bertz CT molecular complexity index is 1250. The molecule has 0 radical (unpaired) electrons. The first-order valence-corrected chi connectivity index (χ1v) is 12.6. The number of H-pyrrole nitrogens is 2. The zero-order valence-electron chi connectivity index (χ0n) is 19.9. The smallest absolute Gasteiger partial charge is 0.123 e. The van der Waals surface area contributed by atoms with Crippen LogP contribution in [0.4, 0.5) is 0 Å². The van der Waals surface area contributed by atoms with E-state index in [1.807, 2.05) is 12.4 Å². The van der Waals surface area contributed by atoms with Gasteiger partial charge in [0.05, 0.1) is 49.1 Å². The lowest BCUT2D eigenvalue weighted by molar-refractivity contribution is 0.107. The van der Waals surface area contributed by atoms with Gasteiger partial charge >= 0.3 is 0 Å². The van der Waals surface area contributed by atoms with Crippen LogP contribution in [0.25, 0.3) is 22.5 Å². The highest BCUT2D eigenvalue weighted by molar-refractivity contribution is 5.60. The fourth-order valence-electron chi connectivity index (χ4n) is 5.05. The number of hydrogen-bond acceptors (Lipinski definition) is 5. The number of nitrogens with zero attached hydrogens (tertiary/aromatic N) is 2. The lowest BCUT2D eigenvalue weighted by atomic mass is 10.1. The maximum atomic E-state index is 6.04. The highest BCUT2D eigenvalue weighted by Crippen LogP contribution is 2.26. The molecule has 7 heteroatoms. The molecule has 2 aromatic heterocycles. The molecule has 2 saturated heterocycles. The molecule has 2 aromatic carbocycles. The van der Waals surface area contributed by atoms with E-state index in [2.05, 4.69) is 79.1 Å². The SMILES string of the molecule is c1cc(COCc2ccc(-c3cnc(C4CCCN4)[nH]3)cc2)cc(-c2cnc(C3CCCN3)[nH]2)c1. The fourth-order valence-corrected chi connectivity index (χ4v) is 5.05. The standard InChI is InChI=1S/C28H32N6O/c1-4-20(14-22(5-1)26-16-32-28(34-26)24-7-3-13-30-24)18-35-17-19-8-10-21(11-9-19)25-15-31-27(33-25)23-6-2-12-29-23/h1,4-5,8-11,14-16,23-24,29-30H,2-3,6-7,12-13,17-18H2,(H,31,33)(H,32,34). The molecule has 0 bridgehead atoms. The van der Waals surface area contributed by atoms with Crippen LogP contribution < -0.4 is 10.6 Å². The summed E-state index contributed by atoms with van der Waals surface area (Å²) >= 11 is 0. The molecule has 7 nitrogen and oxygen atoms in total. The Hall–Kier alpha value is -3.26. The highest BCUT2D eigenvalue weighted by Gasteiger charge is 2.20. The Labute approximate surface area is 205 Å². The average Bonchev–Trinajstić information content (AvgIpc) is 3.71. The second kappa shape index (κ2) is 10.2. The fraction of sp³-hybridized carbons (Fsp3) is 0.357. The molecule has 2 fully saturated rings. The summed E-state index contributed by atoms with van der Waals surface area (Å²) in [5.41, 5.74) is 6.70. The Morgan fingerprint density at radius 1 is 0.714 bits per heavy atom. The second-order valence-electron chi connectivity index (χ2n) is 9.55. The maximum absolute atomic E-state index is 6.04. The summed E-state index contributed by atoms with van der Waals surface area (Å²) in [6, 6.07) is 17.7. The predicted molar refractivity (Wildman–Crippen MR) is 136 cm³/mol. The van der Waals surface area contributed by atoms with Crippen molar-refractivity contribution >= 4 is 0 Å². The van der Waals surface area contributed by atoms with Crippen molar-refractivity contribution in [2.75, 3.05) is 13.1 Å². The first-order chi connectivity index (χ1) is 17.3. The van der Waals surface area contributed by atoms with E-state index in [1.165, 1.54) is 12.8 Å². The van der Waals surface area contributed by atoms with Crippen molar-refractivity contribution < 1.29 is 4.74 Å².